The van der Waals surface area contributed by atoms with Gasteiger partial charge in [0.25, 0.3) is 5.91 Å². The highest BCUT2D eigenvalue weighted by molar-refractivity contribution is 5.94. The molecule has 3 N–H and O–H groups in total. The van der Waals surface area contributed by atoms with Crippen molar-refractivity contribution in [2.24, 2.45) is 11.7 Å². The summed E-state index contributed by atoms with van der Waals surface area (Å²) in [5.74, 6) is 0.269. The maximum absolute atomic E-state index is 12.1. The molecule has 0 aliphatic heterocycles. The first-order valence-electron chi connectivity index (χ1n) is 6.25. The van der Waals surface area contributed by atoms with E-state index in [-0.39, 0.29) is 11.9 Å². The molecule has 2 unspecified atom stereocenters. The molecule has 1 aliphatic carbocycles. The van der Waals surface area contributed by atoms with Crippen molar-refractivity contribution in [2.75, 3.05) is 6.54 Å². The van der Waals surface area contributed by atoms with Gasteiger partial charge in [0.2, 0.25) is 0 Å². The zero-order valence-corrected chi connectivity index (χ0v) is 10.2. The Bertz CT molecular complexity index is 478. The second kappa shape index (κ2) is 5.65. The minimum atomic E-state index is -0.113. The normalized spacial score (nSPS) is 22.4. The Kier molecular flexibility index (Phi) is 3.96. The van der Waals surface area contributed by atoms with Gasteiger partial charge in [-0.15, -0.1) is 0 Å². The number of hydrogen-bond donors (Lipinski definition) is 2. The van der Waals surface area contributed by atoms with Gasteiger partial charge in [-0.25, -0.2) is 0 Å². The Morgan fingerprint density at radius 2 is 2.33 bits per heavy atom. The van der Waals surface area contributed by atoms with E-state index in [0.29, 0.717) is 23.6 Å². The van der Waals surface area contributed by atoms with Crippen LogP contribution in [0.4, 0.5) is 0 Å². The van der Waals surface area contributed by atoms with Crippen LogP contribution in [0, 0.1) is 17.2 Å². The number of hydrogen-bond acceptors (Lipinski definition) is 3. The summed E-state index contributed by atoms with van der Waals surface area (Å²) >= 11 is 0. The summed E-state index contributed by atoms with van der Waals surface area (Å²) in [7, 11) is 0. The second-order valence-electron chi connectivity index (χ2n) is 4.70. The zero-order chi connectivity index (χ0) is 13.0. The van der Waals surface area contributed by atoms with Crippen LogP contribution in [0.5, 0.6) is 0 Å². The lowest BCUT2D eigenvalue weighted by molar-refractivity contribution is 0.0929. The van der Waals surface area contributed by atoms with Gasteiger partial charge in [-0.3, -0.25) is 4.79 Å². The molecule has 0 bridgehead atoms. The maximum atomic E-state index is 12.1. The number of nitrogens with one attached hydrogen (secondary N) is 1. The molecule has 1 aromatic rings. The molecule has 0 radical (unpaired) electrons. The molecule has 4 heteroatoms. The van der Waals surface area contributed by atoms with Crippen LogP contribution >= 0.6 is 0 Å². The first-order chi connectivity index (χ1) is 8.74. The SMILES string of the molecule is N#Cc1cccc(C(=O)NC2CCCC2CN)c1. The largest absolute Gasteiger partial charge is 0.349 e. The molecule has 1 amide bonds. The molecule has 18 heavy (non-hydrogen) atoms. The minimum Gasteiger partial charge on any atom is -0.349 e. The molecular weight excluding hydrogens is 226 g/mol. The van der Waals surface area contributed by atoms with Crippen LogP contribution in [-0.2, 0) is 0 Å². The molecular formula is C14H17N3O. The molecule has 1 aromatic carbocycles. The predicted octanol–water partition coefficient (Wildman–Crippen LogP) is 1.42. The number of amides is 1. The molecule has 2 atom stereocenters. The van der Waals surface area contributed by atoms with Crippen molar-refractivity contribution in [3.8, 4) is 6.07 Å². The molecule has 1 aliphatic rings. The Hall–Kier alpha value is -1.86. The van der Waals surface area contributed by atoms with Crippen LogP contribution in [-0.4, -0.2) is 18.5 Å². The highest BCUT2D eigenvalue weighted by Crippen LogP contribution is 2.24. The summed E-state index contributed by atoms with van der Waals surface area (Å²) < 4.78 is 0. The molecule has 0 aromatic heterocycles. The van der Waals surface area contributed by atoms with Crippen molar-refractivity contribution in [2.45, 2.75) is 25.3 Å². The topological polar surface area (TPSA) is 78.9 Å². The third-order valence-electron chi connectivity index (χ3n) is 3.53. The van der Waals surface area contributed by atoms with Gasteiger partial charge in [-0.1, -0.05) is 12.5 Å². The molecule has 0 saturated heterocycles. The number of nitrogens with two attached hydrogens (primary N) is 1. The Morgan fingerprint density at radius 1 is 1.50 bits per heavy atom. The maximum Gasteiger partial charge on any atom is 0.251 e. The Labute approximate surface area is 107 Å². The van der Waals surface area contributed by atoms with Gasteiger partial charge in [0.15, 0.2) is 0 Å². The van der Waals surface area contributed by atoms with E-state index >= 15 is 0 Å². The van der Waals surface area contributed by atoms with Gasteiger partial charge in [0, 0.05) is 11.6 Å². The van der Waals surface area contributed by atoms with Crippen LogP contribution in [0.2, 0.25) is 0 Å². The number of carbonyl (C=O) groups is 1. The highest BCUT2D eigenvalue weighted by atomic mass is 16.1. The molecule has 4 nitrogen and oxygen atoms in total. The Morgan fingerprint density at radius 3 is 3.06 bits per heavy atom. The first-order valence-corrected chi connectivity index (χ1v) is 6.25. The monoisotopic (exact) mass is 243 g/mol. The van der Waals surface area contributed by atoms with E-state index in [0.717, 1.165) is 19.3 Å². The van der Waals surface area contributed by atoms with Crippen LogP contribution < -0.4 is 11.1 Å². The number of nitrogens with zero attached hydrogens (tertiary/aromatic N) is 1. The predicted molar refractivity (Wildman–Crippen MR) is 68.8 cm³/mol. The van der Waals surface area contributed by atoms with Crippen molar-refractivity contribution in [3.05, 3.63) is 35.4 Å². The van der Waals surface area contributed by atoms with Crippen LogP contribution in [0.3, 0.4) is 0 Å². The van der Waals surface area contributed by atoms with Crippen molar-refractivity contribution in [1.29, 1.82) is 5.26 Å². The lowest BCUT2D eigenvalue weighted by atomic mass is 10.0. The summed E-state index contributed by atoms with van der Waals surface area (Å²) in [6, 6.07) is 8.96. The lowest BCUT2D eigenvalue weighted by Crippen LogP contribution is -2.39. The first kappa shape index (κ1) is 12.6. The van der Waals surface area contributed by atoms with Gasteiger partial charge in [-0.2, -0.15) is 5.26 Å². The molecule has 94 valence electrons. The van der Waals surface area contributed by atoms with E-state index in [1.807, 2.05) is 6.07 Å². The van der Waals surface area contributed by atoms with E-state index in [4.69, 9.17) is 11.0 Å². The van der Waals surface area contributed by atoms with E-state index in [1.54, 1.807) is 24.3 Å². The third-order valence-corrected chi connectivity index (χ3v) is 3.53. The zero-order valence-electron chi connectivity index (χ0n) is 10.2. The van der Waals surface area contributed by atoms with Gasteiger partial charge < -0.3 is 11.1 Å². The molecule has 2 rings (SSSR count). The summed E-state index contributed by atoms with van der Waals surface area (Å²) in [4.78, 5) is 12.1. The summed E-state index contributed by atoms with van der Waals surface area (Å²) in [6.07, 6.45) is 3.19. The highest BCUT2D eigenvalue weighted by Gasteiger charge is 2.27. The fourth-order valence-corrected chi connectivity index (χ4v) is 2.49. The Balaban J connectivity index is 2.05. The summed E-state index contributed by atoms with van der Waals surface area (Å²) in [5.41, 5.74) is 6.73. The summed E-state index contributed by atoms with van der Waals surface area (Å²) in [6.45, 7) is 0.614. The van der Waals surface area contributed by atoms with Crippen LogP contribution in [0.15, 0.2) is 24.3 Å². The quantitative estimate of drug-likeness (QED) is 0.842. The van der Waals surface area contributed by atoms with Crippen molar-refractivity contribution < 1.29 is 4.79 Å². The average Bonchev–Trinajstić information content (AvgIpc) is 2.86. The van der Waals surface area contributed by atoms with Gasteiger partial charge in [-0.05, 0) is 43.5 Å². The van der Waals surface area contributed by atoms with Crippen molar-refractivity contribution in [1.82, 2.24) is 5.32 Å². The molecule has 1 fully saturated rings. The minimum absolute atomic E-state index is 0.113. The van der Waals surface area contributed by atoms with Crippen molar-refractivity contribution in [3.63, 3.8) is 0 Å². The van der Waals surface area contributed by atoms with E-state index < -0.39 is 0 Å². The van der Waals surface area contributed by atoms with E-state index in [2.05, 4.69) is 5.32 Å². The number of carbonyl (C=O) groups excluding carboxylic acids is 1. The van der Waals surface area contributed by atoms with E-state index in [1.165, 1.54) is 0 Å². The van der Waals surface area contributed by atoms with Crippen LogP contribution in [0.25, 0.3) is 0 Å². The second-order valence-corrected chi connectivity index (χ2v) is 4.70. The van der Waals surface area contributed by atoms with Crippen LogP contribution in [0.1, 0.15) is 35.2 Å². The fourth-order valence-electron chi connectivity index (χ4n) is 2.49. The number of rotatable bonds is 3. The summed E-state index contributed by atoms with van der Waals surface area (Å²) in [5, 5.41) is 11.8. The van der Waals surface area contributed by atoms with Crippen molar-refractivity contribution >= 4 is 5.91 Å². The molecule has 0 spiro atoms. The smallest absolute Gasteiger partial charge is 0.251 e. The third kappa shape index (κ3) is 2.69. The molecule has 1 saturated carbocycles. The van der Waals surface area contributed by atoms with E-state index in [9.17, 15) is 4.79 Å². The lowest BCUT2D eigenvalue weighted by Gasteiger charge is -2.19. The average molecular weight is 243 g/mol. The van der Waals surface area contributed by atoms with Gasteiger partial charge in [0.1, 0.15) is 0 Å². The number of benzene rings is 1. The number of nitriles is 1. The van der Waals surface area contributed by atoms with Gasteiger partial charge in [0.05, 0.1) is 11.6 Å². The fraction of sp³-hybridized carbons (Fsp3) is 0.429. The van der Waals surface area contributed by atoms with Gasteiger partial charge >= 0.3 is 0 Å². The molecule has 0 heterocycles. The standard InChI is InChI=1S/C14H17N3O/c15-8-10-3-1-4-11(7-10)14(18)17-13-6-2-5-12(13)9-16/h1,3-4,7,12-13H,2,5-6,9,16H2,(H,17,18).